The molecule has 0 saturated carbocycles. The van der Waals surface area contributed by atoms with Crippen molar-refractivity contribution in [2.45, 2.75) is 25.3 Å². The Morgan fingerprint density at radius 3 is 2.55 bits per heavy atom. The van der Waals surface area contributed by atoms with Crippen molar-refractivity contribution in [1.82, 2.24) is 14.8 Å². The van der Waals surface area contributed by atoms with E-state index in [0.29, 0.717) is 12.8 Å². The Labute approximate surface area is 178 Å². The Hall–Kier alpha value is -3.52. The maximum atomic E-state index is 12.8. The minimum Gasteiger partial charge on any atom is -0.361 e. The molecule has 0 atom stereocenters. The third-order valence-electron chi connectivity index (χ3n) is 6.41. The number of nitro groups is 1. The number of para-hydroxylation sites is 1. The summed E-state index contributed by atoms with van der Waals surface area (Å²) in [6.45, 7) is 2.53. The summed E-state index contributed by atoms with van der Waals surface area (Å²) in [5, 5.41) is 12.3. The molecule has 2 aromatic carbocycles. The lowest BCUT2D eigenvalue weighted by Crippen LogP contribution is -2.47. The van der Waals surface area contributed by atoms with Crippen LogP contribution in [0, 0.1) is 10.1 Å². The Kier molecular flexibility index (Phi) is 4.78. The molecular weight excluding hydrogens is 396 g/mol. The monoisotopic (exact) mass is 418 g/mol. The van der Waals surface area contributed by atoms with Crippen molar-refractivity contribution in [2.24, 2.45) is 0 Å². The molecule has 3 heterocycles. The summed E-state index contributed by atoms with van der Waals surface area (Å²) in [5.74, 6) is -0.756. The van der Waals surface area contributed by atoms with Gasteiger partial charge in [0.15, 0.2) is 0 Å². The zero-order chi connectivity index (χ0) is 21.5. The van der Waals surface area contributed by atoms with Gasteiger partial charge in [-0.2, -0.15) is 0 Å². The first-order valence-corrected chi connectivity index (χ1v) is 10.5. The van der Waals surface area contributed by atoms with Gasteiger partial charge >= 0.3 is 0 Å². The molecule has 8 heteroatoms. The standard InChI is InChI=1S/C23H22N4O4/c28-22-19-6-5-17(27(30)31)13-20(19)23(29)26(22)16-8-11-25(12-9-16)10-7-15-14-24-21-4-2-1-3-18(15)21/h1-6,13-14,16,24H,7-12H2. The lowest BCUT2D eigenvalue weighted by Gasteiger charge is -2.35. The number of hydrogen-bond acceptors (Lipinski definition) is 5. The van der Waals surface area contributed by atoms with Gasteiger partial charge < -0.3 is 9.88 Å². The normalized spacial score (nSPS) is 17.5. The van der Waals surface area contributed by atoms with Crippen LogP contribution in [0.3, 0.4) is 0 Å². The van der Waals surface area contributed by atoms with E-state index in [4.69, 9.17) is 0 Å². The van der Waals surface area contributed by atoms with E-state index in [9.17, 15) is 19.7 Å². The number of imide groups is 1. The number of fused-ring (bicyclic) bond motifs is 2. The number of carbonyl (C=O) groups is 2. The number of aromatic nitrogens is 1. The van der Waals surface area contributed by atoms with E-state index < -0.39 is 10.8 Å². The van der Waals surface area contributed by atoms with Crippen LogP contribution in [0.2, 0.25) is 0 Å². The molecule has 0 unspecified atom stereocenters. The van der Waals surface area contributed by atoms with Crippen LogP contribution in [0.1, 0.15) is 39.1 Å². The SMILES string of the molecule is O=C1c2ccc([N+](=O)[O-])cc2C(=O)N1C1CCN(CCc2c[nH]c3ccccc23)CC1. The van der Waals surface area contributed by atoms with Gasteiger partial charge in [-0.15, -0.1) is 0 Å². The Morgan fingerprint density at radius 1 is 1.03 bits per heavy atom. The molecule has 3 aromatic rings. The second kappa shape index (κ2) is 7.63. The molecule has 2 amide bonds. The summed E-state index contributed by atoms with van der Waals surface area (Å²) < 4.78 is 0. The van der Waals surface area contributed by atoms with Crippen molar-refractivity contribution in [1.29, 1.82) is 0 Å². The third-order valence-corrected chi connectivity index (χ3v) is 6.41. The van der Waals surface area contributed by atoms with Crippen LogP contribution in [0.4, 0.5) is 5.69 Å². The molecular formula is C23H22N4O4. The van der Waals surface area contributed by atoms with E-state index in [1.807, 2.05) is 12.1 Å². The highest BCUT2D eigenvalue weighted by Gasteiger charge is 2.41. The van der Waals surface area contributed by atoms with E-state index in [2.05, 4.69) is 28.2 Å². The number of non-ortho nitro benzene ring substituents is 1. The highest BCUT2D eigenvalue weighted by molar-refractivity contribution is 6.21. The van der Waals surface area contributed by atoms with Gasteiger partial charge in [-0.05, 0) is 37.0 Å². The van der Waals surface area contributed by atoms with Gasteiger partial charge in [0.05, 0.1) is 16.1 Å². The molecule has 0 radical (unpaired) electrons. The molecule has 0 bridgehead atoms. The number of aromatic amines is 1. The summed E-state index contributed by atoms with van der Waals surface area (Å²) in [5.41, 5.74) is 2.66. The predicted molar refractivity (Wildman–Crippen MR) is 115 cm³/mol. The first kappa shape index (κ1) is 19.4. The Bertz CT molecular complexity index is 1190. The van der Waals surface area contributed by atoms with Crippen LogP contribution < -0.4 is 0 Å². The number of H-pyrrole nitrogens is 1. The van der Waals surface area contributed by atoms with E-state index in [1.165, 1.54) is 34.0 Å². The van der Waals surface area contributed by atoms with Crippen molar-refractivity contribution >= 4 is 28.4 Å². The van der Waals surface area contributed by atoms with E-state index in [1.54, 1.807) is 0 Å². The number of hydrogen-bond donors (Lipinski definition) is 1. The number of nitro benzene ring substituents is 1. The Morgan fingerprint density at radius 2 is 1.77 bits per heavy atom. The number of piperidine rings is 1. The minimum atomic E-state index is -0.549. The smallest absolute Gasteiger partial charge is 0.270 e. The van der Waals surface area contributed by atoms with E-state index >= 15 is 0 Å². The van der Waals surface area contributed by atoms with Gasteiger partial charge in [0.25, 0.3) is 17.5 Å². The molecule has 8 nitrogen and oxygen atoms in total. The maximum Gasteiger partial charge on any atom is 0.270 e. The van der Waals surface area contributed by atoms with Crippen molar-refractivity contribution < 1.29 is 14.5 Å². The van der Waals surface area contributed by atoms with E-state index in [0.717, 1.165) is 31.6 Å². The fraction of sp³-hybridized carbons (Fsp3) is 0.304. The first-order valence-electron chi connectivity index (χ1n) is 10.5. The van der Waals surface area contributed by atoms with Gasteiger partial charge in [0.1, 0.15) is 0 Å². The lowest BCUT2D eigenvalue weighted by atomic mass is 10.0. The van der Waals surface area contributed by atoms with Crippen molar-refractivity contribution in [2.75, 3.05) is 19.6 Å². The number of nitrogens with zero attached hydrogens (tertiary/aromatic N) is 3. The number of carbonyl (C=O) groups excluding carboxylic acids is 2. The zero-order valence-electron chi connectivity index (χ0n) is 16.9. The third kappa shape index (κ3) is 3.38. The van der Waals surface area contributed by atoms with Gasteiger partial charge in [-0.1, -0.05) is 18.2 Å². The number of likely N-dealkylation sites (tertiary alicyclic amines) is 1. The van der Waals surface area contributed by atoms with Crippen LogP contribution in [0.15, 0.2) is 48.7 Å². The van der Waals surface area contributed by atoms with Crippen molar-refractivity contribution in [3.05, 3.63) is 75.5 Å². The Balaban J connectivity index is 1.22. The molecule has 2 aliphatic rings. The first-order chi connectivity index (χ1) is 15.0. The number of rotatable bonds is 5. The van der Waals surface area contributed by atoms with Crippen LogP contribution in [0.25, 0.3) is 10.9 Å². The lowest BCUT2D eigenvalue weighted by molar-refractivity contribution is -0.384. The number of nitrogens with one attached hydrogen (secondary N) is 1. The molecule has 158 valence electrons. The summed E-state index contributed by atoms with van der Waals surface area (Å²) >= 11 is 0. The maximum absolute atomic E-state index is 12.8. The van der Waals surface area contributed by atoms with E-state index in [-0.39, 0.29) is 28.8 Å². The fourth-order valence-electron chi connectivity index (χ4n) is 4.71. The van der Waals surface area contributed by atoms with Gasteiger partial charge in [-0.3, -0.25) is 24.6 Å². The topological polar surface area (TPSA) is 99.5 Å². The molecule has 5 rings (SSSR count). The predicted octanol–water partition coefficient (Wildman–Crippen LogP) is 3.38. The fourth-order valence-corrected chi connectivity index (χ4v) is 4.71. The molecule has 2 aliphatic heterocycles. The van der Waals surface area contributed by atoms with Crippen molar-refractivity contribution in [3.63, 3.8) is 0 Å². The number of benzene rings is 2. The summed E-state index contributed by atoms with van der Waals surface area (Å²) in [4.78, 5) is 43.1. The summed E-state index contributed by atoms with van der Waals surface area (Å²) in [6.07, 6.45) is 4.42. The molecule has 1 aromatic heterocycles. The van der Waals surface area contributed by atoms with Gasteiger partial charge in [0, 0.05) is 54.9 Å². The van der Waals surface area contributed by atoms with Crippen LogP contribution in [0.5, 0.6) is 0 Å². The van der Waals surface area contributed by atoms with Gasteiger partial charge in [-0.25, -0.2) is 0 Å². The molecule has 1 N–H and O–H groups in total. The molecule has 31 heavy (non-hydrogen) atoms. The van der Waals surface area contributed by atoms with Crippen LogP contribution >= 0.6 is 0 Å². The minimum absolute atomic E-state index is 0.140. The highest BCUT2D eigenvalue weighted by Crippen LogP contribution is 2.31. The highest BCUT2D eigenvalue weighted by atomic mass is 16.6. The molecule has 1 fully saturated rings. The van der Waals surface area contributed by atoms with Crippen LogP contribution in [-0.4, -0.2) is 57.2 Å². The average Bonchev–Trinajstić information content (AvgIpc) is 3.31. The summed E-state index contributed by atoms with van der Waals surface area (Å²) in [6, 6.07) is 12.0. The zero-order valence-corrected chi connectivity index (χ0v) is 16.9. The van der Waals surface area contributed by atoms with Gasteiger partial charge in [0.2, 0.25) is 0 Å². The largest absolute Gasteiger partial charge is 0.361 e. The molecule has 0 spiro atoms. The molecule has 1 saturated heterocycles. The van der Waals surface area contributed by atoms with Crippen molar-refractivity contribution in [3.8, 4) is 0 Å². The second-order valence-electron chi connectivity index (χ2n) is 8.15. The summed E-state index contributed by atoms with van der Waals surface area (Å²) in [7, 11) is 0. The quantitative estimate of drug-likeness (QED) is 0.389. The number of amides is 2. The van der Waals surface area contributed by atoms with Crippen LogP contribution in [-0.2, 0) is 6.42 Å². The second-order valence-corrected chi connectivity index (χ2v) is 8.15. The average molecular weight is 418 g/mol. The molecule has 0 aliphatic carbocycles.